The van der Waals surface area contributed by atoms with Crippen molar-refractivity contribution >= 4 is 11.9 Å². The molecule has 7 nitrogen and oxygen atoms in total. The maximum atomic E-state index is 12.7. The molecule has 1 atom stereocenters. The molecule has 1 N–H and O–H groups in total. The number of benzene rings is 1. The van der Waals surface area contributed by atoms with Gasteiger partial charge in [-0.2, -0.15) is 0 Å². The van der Waals surface area contributed by atoms with Crippen LogP contribution in [0.1, 0.15) is 28.8 Å². The number of hydrogen-bond acceptors (Lipinski definition) is 6. The molecular formula is C22H31N5O2. The Morgan fingerprint density at radius 1 is 1.28 bits per heavy atom. The van der Waals surface area contributed by atoms with E-state index in [4.69, 9.17) is 4.74 Å². The van der Waals surface area contributed by atoms with Crippen molar-refractivity contribution in [2.24, 2.45) is 5.92 Å². The number of hydrogen-bond donors (Lipinski definition) is 1. The fraction of sp³-hybridized carbons (Fsp3) is 0.500. The molecule has 3 rings (SSSR count). The number of nitrogens with one attached hydrogen (secondary N) is 1. The zero-order chi connectivity index (χ0) is 20.6. The van der Waals surface area contributed by atoms with Crippen LogP contribution in [-0.2, 0) is 6.42 Å². The summed E-state index contributed by atoms with van der Waals surface area (Å²) in [6, 6.07) is 8.30. The Morgan fingerprint density at radius 2 is 2.00 bits per heavy atom. The number of carbonyl (C=O) groups excluding carboxylic acids is 1. The van der Waals surface area contributed by atoms with Gasteiger partial charge in [-0.15, -0.1) is 0 Å². The summed E-state index contributed by atoms with van der Waals surface area (Å²) in [5, 5.41) is 2.86. The van der Waals surface area contributed by atoms with Crippen LogP contribution < -0.4 is 10.1 Å². The second-order valence-corrected chi connectivity index (χ2v) is 7.64. The highest BCUT2D eigenvalue weighted by Gasteiger charge is 2.23. The molecule has 2 aromatic rings. The summed E-state index contributed by atoms with van der Waals surface area (Å²) in [5.41, 5.74) is 1.85. The highest BCUT2D eigenvalue weighted by Crippen LogP contribution is 2.19. The number of ether oxygens (including phenoxy) is 1. The van der Waals surface area contributed by atoms with Gasteiger partial charge in [-0.3, -0.25) is 4.79 Å². The zero-order valence-electron chi connectivity index (χ0n) is 17.6. The molecule has 156 valence electrons. The first kappa shape index (κ1) is 21.0. The minimum atomic E-state index is -0.0250. The molecule has 1 aromatic heterocycles. The van der Waals surface area contributed by atoms with Crippen molar-refractivity contribution in [1.82, 2.24) is 19.8 Å². The van der Waals surface area contributed by atoms with Crippen molar-refractivity contribution in [2.75, 3.05) is 52.7 Å². The van der Waals surface area contributed by atoms with Crippen molar-refractivity contribution in [3.8, 4) is 5.75 Å². The summed E-state index contributed by atoms with van der Waals surface area (Å²) in [6.07, 6.45) is 6.53. The van der Waals surface area contributed by atoms with Crippen molar-refractivity contribution in [3.63, 3.8) is 0 Å². The Balaban J connectivity index is 1.48. The minimum absolute atomic E-state index is 0.0250. The number of methoxy groups -OCH3 is 1. The lowest BCUT2D eigenvalue weighted by molar-refractivity contribution is 0.0729. The molecule has 1 saturated heterocycles. The molecule has 0 spiro atoms. The summed E-state index contributed by atoms with van der Waals surface area (Å²) < 4.78 is 5.22. The van der Waals surface area contributed by atoms with E-state index in [1.807, 2.05) is 19.2 Å². The lowest BCUT2D eigenvalue weighted by atomic mass is 9.97. The fourth-order valence-electron chi connectivity index (χ4n) is 3.84. The quantitative estimate of drug-likeness (QED) is 0.738. The maximum Gasteiger partial charge on any atom is 0.256 e. The molecule has 0 aliphatic carbocycles. The average Bonchev–Trinajstić information content (AvgIpc) is 2.78. The first-order valence-electron chi connectivity index (χ1n) is 10.2. The average molecular weight is 398 g/mol. The number of rotatable bonds is 8. The Labute approximate surface area is 173 Å². The molecule has 1 amide bonds. The van der Waals surface area contributed by atoms with E-state index >= 15 is 0 Å². The van der Waals surface area contributed by atoms with Gasteiger partial charge in [-0.1, -0.05) is 12.1 Å². The Hall–Kier alpha value is -2.67. The molecule has 1 aliphatic rings. The van der Waals surface area contributed by atoms with E-state index in [2.05, 4.69) is 32.3 Å². The van der Waals surface area contributed by atoms with E-state index in [1.165, 1.54) is 12.0 Å². The Kier molecular flexibility index (Phi) is 7.41. The predicted octanol–water partition coefficient (Wildman–Crippen LogP) is 2.55. The third-order valence-corrected chi connectivity index (χ3v) is 5.48. The molecule has 7 heteroatoms. The summed E-state index contributed by atoms with van der Waals surface area (Å²) in [6.45, 7) is 3.96. The standard InChI is InChI=1S/C22H31N5O2/c1-23-22-24-13-19(14-25-22)21(28)26(2)15-18-5-4-11-27(16-18)12-10-17-6-8-20(29-3)9-7-17/h6-9,13-14,18H,4-5,10-12,15-16H2,1-3H3,(H,23,24,25). The number of nitrogens with zero attached hydrogens (tertiary/aromatic N) is 4. The first-order chi connectivity index (χ1) is 14.1. The van der Waals surface area contributed by atoms with Crippen LogP contribution in [0.15, 0.2) is 36.7 Å². The Morgan fingerprint density at radius 3 is 2.66 bits per heavy atom. The van der Waals surface area contributed by atoms with E-state index in [-0.39, 0.29) is 5.91 Å². The largest absolute Gasteiger partial charge is 0.497 e. The second-order valence-electron chi connectivity index (χ2n) is 7.64. The van der Waals surface area contributed by atoms with E-state index in [9.17, 15) is 4.79 Å². The lowest BCUT2D eigenvalue weighted by Gasteiger charge is -2.34. The van der Waals surface area contributed by atoms with Gasteiger partial charge in [0.25, 0.3) is 5.91 Å². The third kappa shape index (κ3) is 5.90. The van der Waals surface area contributed by atoms with Gasteiger partial charge >= 0.3 is 0 Å². The van der Waals surface area contributed by atoms with E-state index in [0.717, 1.165) is 44.8 Å². The SMILES string of the molecule is CNc1ncc(C(=O)N(C)CC2CCCN(CCc3ccc(OC)cc3)C2)cn1. The molecule has 2 heterocycles. The molecule has 1 aromatic carbocycles. The summed E-state index contributed by atoms with van der Waals surface area (Å²) in [5.74, 6) is 1.88. The molecule has 29 heavy (non-hydrogen) atoms. The van der Waals surface area contributed by atoms with Crippen LogP contribution in [0.4, 0.5) is 5.95 Å². The van der Waals surface area contributed by atoms with Crippen molar-refractivity contribution in [1.29, 1.82) is 0 Å². The summed E-state index contributed by atoms with van der Waals surface area (Å²) in [7, 11) is 5.31. The molecule has 0 bridgehead atoms. The smallest absolute Gasteiger partial charge is 0.256 e. The summed E-state index contributed by atoms with van der Waals surface area (Å²) in [4.78, 5) is 25.3. The highest BCUT2D eigenvalue weighted by molar-refractivity contribution is 5.93. The Bertz CT molecular complexity index is 779. The van der Waals surface area contributed by atoms with Crippen molar-refractivity contribution in [2.45, 2.75) is 19.3 Å². The molecule has 1 unspecified atom stereocenters. The van der Waals surface area contributed by atoms with Gasteiger partial charge in [0.05, 0.1) is 12.7 Å². The lowest BCUT2D eigenvalue weighted by Crippen LogP contribution is -2.42. The maximum absolute atomic E-state index is 12.7. The van der Waals surface area contributed by atoms with Crippen LogP contribution in [-0.4, -0.2) is 73.1 Å². The van der Waals surface area contributed by atoms with Gasteiger partial charge in [0.15, 0.2) is 0 Å². The van der Waals surface area contributed by atoms with Crippen LogP contribution in [0.3, 0.4) is 0 Å². The molecular weight excluding hydrogens is 366 g/mol. The second kappa shape index (κ2) is 10.2. The number of aromatic nitrogens is 2. The molecule has 0 saturated carbocycles. The van der Waals surface area contributed by atoms with Crippen LogP contribution in [0.25, 0.3) is 0 Å². The van der Waals surface area contributed by atoms with Gasteiger partial charge in [-0.25, -0.2) is 9.97 Å². The van der Waals surface area contributed by atoms with Gasteiger partial charge in [0, 0.05) is 46.1 Å². The number of likely N-dealkylation sites (tertiary alicyclic amines) is 1. The van der Waals surface area contributed by atoms with Crippen LogP contribution in [0, 0.1) is 5.92 Å². The monoisotopic (exact) mass is 397 g/mol. The van der Waals surface area contributed by atoms with Gasteiger partial charge in [0.1, 0.15) is 5.75 Å². The van der Waals surface area contributed by atoms with E-state index in [1.54, 1.807) is 31.5 Å². The topological polar surface area (TPSA) is 70.6 Å². The number of piperidine rings is 1. The normalized spacial score (nSPS) is 17.0. The van der Waals surface area contributed by atoms with Crippen LogP contribution >= 0.6 is 0 Å². The number of carbonyl (C=O) groups is 1. The van der Waals surface area contributed by atoms with E-state index in [0.29, 0.717) is 17.4 Å². The van der Waals surface area contributed by atoms with Crippen molar-refractivity contribution < 1.29 is 9.53 Å². The highest BCUT2D eigenvalue weighted by atomic mass is 16.5. The number of amides is 1. The van der Waals surface area contributed by atoms with Gasteiger partial charge in [-0.05, 0) is 49.4 Å². The first-order valence-corrected chi connectivity index (χ1v) is 10.2. The number of anilines is 1. The third-order valence-electron chi connectivity index (χ3n) is 5.48. The zero-order valence-corrected chi connectivity index (χ0v) is 17.6. The van der Waals surface area contributed by atoms with Gasteiger partial charge in [0.2, 0.25) is 5.95 Å². The summed E-state index contributed by atoms with van der Waals surface area (Å²) >= 11 is 0. The van der Waals surface area contributed by atoms with Crippen LogP contribution in [0.5, 0.6) is 5.75 Å². The fourth-order valence-corrected chi connectivity index (χ4v) is 3.84. The van der Waals surface area contributed by atoms with E-state index < -0.39 is 0 Å². The van der Waals surface area contributed by atoms with Crippen LogP contribution in [0.2, 0.25) is 0 Å². The molecule has 1 fully saturated rings. The predicted molar refractivity (Wildman–Crippen MR) is 114 cm³/mol. The molecule has 1 aliphatic heterocycles. The van der Waals surface area contributed by atoms with Crippen molar-refractivity contribution in [3.05, 3.63) is 47.8 Å². The molecule has 0 radical (unpaired) electrons. The van der Waals surface area contributed by atoms with Gasteiger partial charge < -0.3 is 19.9 Å². The minimum Gasteiger partial charge on any atom is -0.497 e.